The Balaban J connectivity index is 1.33. The molecule has 0 saturated carbocycles. The highest BCUT2D eigenvalue weighted by atomic mass is 35.5. The molecular weight excluding hydrogens is 453 g/mol. The monoisotopic (exact) mass is 477 g/mol. The first kappa shape index (κ1) is 22.5. The molecule has 0 aliphatic carbocycles. The molecule has 0 atom stereocenters. The molecule has 0 bridgehead atoms. The van der Waals surface area contributed by atoms with E-state index < -0.39 is 11.7 Å². The van der Waals surface area contributed by atoms with Gasteiger partial charge >= 0.3 is 0 Å². The Morgan fingerprint density at radius 1 is 0.912 bits per heavy atom. The number of benzene rings is 2. The van der Waals surface area contributed by atoms with Crippen LogP contribution in [0.2, 0.25) is 5.02 Å². The molecule has 3 aromatic rings. The quantitative estimate of drug-likeness (QED) is 0.510. The Labute approximate surface area is 203 Å². The summed E-state index contributed by atoms with van der Waals surface area (Å²) < 4.78 is 14.2. The first-order chi connectivity index (χ1) is 16.4. The van der Waals surface area contributed by atoms with Crippen molar-refractivity contribution in [2.24, 2.45) is 0 Å². The molecule has 0 unspecified atom stereocenters. The molecule has 7 heteroatoms. The number of hydrogen-bond acceptors (Lipinski definition) is 3. The summed E-state index contributed by atoms with van der Waals surface area (Å²) in [6.45, 7) is 4.01. The van der Waals surface area contributed by atoms with Crippen molar-refractivity contribution in [1.29, 1.82) is 0 Å². The van der Waals surface area contributed by atoms with Crippen LogP contribution in [0.3, 0.4) is 0 Å². The van der Waals surface area contributed by atoms with Crippen molar-refractivity contribution in [2.45, 2.75) is 38.8 Å². The van der Waals surface area contributed by atoms with Crippen LogP contribution >= 0.6 is 11.6 Å². The van der Waals surface area contributed by atoms with E-state index in [0.29, 0.717) is 44.6 Å². The summed E-state index contributed by atoms with van der Waals surface area (Å²) in [4.78, 5) is 34.7. The lowest BCUT2D eigenvalue weighted by Gasteiger charge is -2.33. The smallest absolute Gasteiger partial charge is 0.258 e. The number of halogens is 2. The Morgan fingerprint density at radius 2 is 1.59 bits per heavy atom. The molecule has 5 nitrogen and oxygen atoms in total. The number of aromatic nitrogens is 1. The van der Waals surface area contributed by atoms with Crippen LogP contribution in [-0.4, -0.2) is 39.7 Å². The molecule has 0 radical (unpaired) electrons. The zero-order valence-corrected chi connectivity index (χ0v) is 19.7. The average Bonchev–Trinajstić information content (AvgIpc) is 3.28. The normalized spacial score (nSPS) is 16.0. The fourth-order valence-electron chi connectivity index (χ4n) is 4.93. The van der Waals surface area contributed by atoms with E-state index in [-0.39, 0.29) is 22.4 Å². The topological polar surface area (TPSA) is 53.5 Å². The maximum absolute atomic E-state index is 14.2. The maximum Gasteiger partial charge on any atom is 0.258 e. The largest absolute Gasteiger partial charge is 0.338 e. The summed E-state index contributed by atoms with van der Waals surface area (Å²) in [5.74, 6) is -0.983. The van der Waals surface area contributed by atoms with Crippen LogP contribution in [0, 0.1) is 12.7 Å². The van der Waals surface area contributed by atoms with Gasteiger partial charge in [-0.2, -0.15) is 0 Å². The summed E-state index contributed by atoms with van der Waals surface area (Å²) >= 11 is 6.10. The number of likely N-dealkylation sites (tertiary alicyclic amines) is 1. The predicted molar refractivity (Wildman–Crippen MR) is 128 cm³/mol. The highest BCUT2D eigenvalue weighted by molar-refractivity contribution is 6.33. The van der Waals surface area contributed by atoms with Crippen LogP contribution in [0.15, 0.2) is 54.6 Å². The van der Waals surface area contributed by atoms with Crippen LogP contribution in [0.1, 0.15) is 62.0 Å². The van der Waals surface area contributed by atoms with Crippen LogP contribution < -0.4 is 0 Å². The molecule has 2 aliphatic heterocycles. The molecule has 1 aromatic heterocycles. The lowest BCUT2D eigenvalue weighted by Crippen LogP contribution is -2.39. The van der Waals surface area contributed by atoms with Gasteiger partial charge < -0.3 is 9.80 Å². The van der Waals surface area contributed by atoms with Crippen molar-refractivity contribution < 1.29 is 14.0 Å². The highest BCUT2D eigenvalue weighted by Gasteiger charge is 2.32. The lowest BCUT2D eigenvalue weighted by atomic mass is 9.89. The lowest BCUT2D eigenvalue weighted by molar-refractivity contribution is 0.0699. The van der Waals surface area contributed by atoms with Gasteiger partial charge in [0.15, 0.2) is 0 Å². The summed E-state index contributed by atoms with van der Waals surface area (Å²) in [5.41, 5.74) is 4.54. The second-order valence-electron chi connectivity index (χ2n) is 8.98. The molecule has 2 amide bonds. The first-order valence-corrected chi connectivity index (χ1v) is 11.9. The number of amides is 2. The number of carbonyl (C=O) groups excluding carboxylic acids is 2. The number of carbonyl (C=O) groups is 2. The number of rotatable bonds is 3. The molecule has 34 heavy (non-hydrogen) atoms. The van der Waals surface area contributed by atoms with Crippen LogP contribution in [0.4, 0.5) is 4.39 Å². The van der Waals surface area contributed by atoms with Gasteiger partial charge in [-0.3, -0.25) is 14.6 Å². The third-order valence-corrected chi connectivity index (χ3v) is 7.08. The number of fused-ring (bicyclic) bond motifs is 1. The van der Waals surface area contributed by atoms with Gasteiger partial charge in [0.1, 0.15) is 5.82 Å². The van der Waals surface area contributed by atoms with Gasteiger partial charge in [0.25, 0.3) is 11.8 Å². The first-order valence-electron chi connectivity index (χ1n) is 11.5. The van der Waals surface area contributed by atoms with E-state index in [2.05, 4.69) is 12.1 Å². The number of piperidine rings is 1. The van der Waals surface area contributed by atoms with Crippen LogP contribution in [0.5, 0.6) is 0 Å². The van der Waals surface area contributed by atoms with Crippen molar-refractivity contribution >= 4 is 23.4 Å². The minimum absolute atomic E-state index is 0.0182. The Hall–Kier alpha value is -3.25. The maximum atomic E-state index is 14.2. The molecule has 1 fully saturated rings. The standard InChI is InChI=1S/C27H25ClFN3O2/c1-17-9-10-21(26(33)32-15-19-5-2-3-6-20(19)16-32)25(30-17)18-11-13-31(14-12-18)27(34)24-22(28)7-4-8-23(24)29/h2-10,18H,11-16H2,1H3. The SMILES string of the molecule is Cc1ccc(C(=O)N2Cc3ccccc3C2)c(C2CCN(C(=O)c3c(F)cccc3Cl)CC2)n1. The Kier molecular flexibility index (Phi) is 6.09. The third kappa shape index (κ3) is 4.18. The molecular formula is C27H25ClFN3O2. The third-order valence-electron chi connectivity index (χ3n) is 6.77. The van der Waals surface area contributed by atoms with Gasteiger partial charge in [0, 0.05) is 37.8 Å². The van der Waals surface area contributed by atoms with Crippen molar-refractivity contribution in [3.8, 4) is 0 Å². The number of hydrogen-bond donors (Lipinski definition) is 0. The summed E-state index contributed by atoms with van der Waals surface area (Å²) in [5, 5.41) is 0.118. The Morgan fingerprint density at radius 3 is 2.24 bits per heavy atom. The minimum atomic E-state index is -0.612. The van der Waals surface area contributed by atoms with Gasteiger partial charge in [-0.05, 0) is 55.2 Å². The zero-order chi connectivity index (χ0) is 23.8. The predicted octanol–water partition coefficient (Wildman–Crippen LogP) is 5.36. The molecule has 2 aromatic carbocycles. The van der Waals surface area contributed by atoms with Crippen LogP contribution in [-0.2, 0) is 13.1 Å². The average molecular weight is 478 g/mol. The van der Waals surface area contributed by atoms with E-state index in [1.54, 1.807) is 4.90 Å². The number of pyridine rings is 1. The number of aryl methyl sites for hydroxylation is 1. The minimum Gasteiger partial charge on any atom is -0.338 e. The van der Waals surface area contributed by atoms with E-state index in [9.17, 15) is 14.0 Å². The number of nitrogens with zero attached hydrogens (tertiary/aromatic N) is 3. The van der Waals surface area contributed by atoms with Crippen molar-refractivity contribution in [3.63, 3.8) is 0 Å². The molecule has 1 saturated heterocycles. The van der Waals surface area contributed by atoms with E-state index in [0.717, 1.165) is 11.4 Å². The molecule has 0 spiro atoms. The van der Waals surface area contributed by atoms with E-state index >= 15 is 0 Å². The second-order valence-corrected chi connectivity index (χ2v) is 9.39. The van der Waals surface area contributed by atoms with Gasteiger partial charge in [0.2, 0.25) is 0 Å². The van der Waals surface area contributed by atoms with E-state index in [1.807, 2.05) is 36.1 Å². The van der Waals surface area contributed by atoms with Crippen molar-refractivity contribution in [1.82, 2.24) is 14.8 Å². The second kappa shape index (κ2) is 9.18. The van der Waals surface area contributed by atoms with E-state index in [1.165, 1.54) is 29.3 Å². The summed E-state index contributed by atoms with van der Waals surface area (Å²) in [6.07, 6.45) is 1.30. The van der Waals surface area contributed by atoms with Gasteiger partial charge in [0.05, 0.1) is 21.8 Å². The van der Waals surface area contributed by atoms with Crippen molar-refractivity contribution in [3.05, 3.63) is 99.1 Å². The molecule has 5 rings (SSSR count). The van der Waals surface area contributed by atoms with E-state index in [4.69, 9.17) is 16.6 Å². The molecule has 2 aliphatic rings. The summed E-state index contributed by atoms with van der Waals surface area (Å²) in [6, 6.07) is 16.1. The highest BCUT2D eigenvalue weighted by Crippen LogP contribution is 2.33. The molecule has 174 valence electrons. The van der Waals surface area contributed by atoms with Crippen LogP contribution in [0.25, 0.3) is 0 Å². The van der Waals surface area contributed by atoms with Gasteiger partial charge in [-0.1, -0.05) is 41.9 Å². The zero-order valence-electron chi connectivity index (χ0n) is 18.9. The van der Waals surface area contributed by atoms with Gasteiger partial charge in [-0.25, -0.2) is 4.39 Å². The Bertz CT molecular complexity index is 1230. The van der Waals surface area contributed by atoms with Crippen molar-refractivity contribution in [2.75, 3.05) is 13.1 Å². The fraction of sp³-hybridized carbons (Fsp3) is 0.296. The molecule has 0 N–H and O–H groups in total. The van der Waals surface area contributed by atoms with Gasteiger partial charge in [-0.15, -0.1) is 0 Å². The summed E-state index contributed by atoms with van der Waals surface area (Å²) in [7, 11) is 0. The fourth-order valence-corrected chi connectivity index (χ4v) is 5.18. The molecule has 3 heterocycles.